The van der Waals surface area contributed by atoms with Gasteiger partial charge in [0, 0.05) is 41.2 Å². The highest BCUT2D eigenvalue weighted by molar-refractivity contribution is 7.10. The summed E-state index contributed by atoms with van der Waals surface area (Å²) in [6, 6.07) is 14.1. The molecular formula is C28H30Cl2N2O4S. The Morgan fingerprint density at radius 3 is 2.70 bits per heavy atom. The van der Waals surface area contributed by atoms with Crippen LogP contribution in [0.1, 0.15) is 45.7 Å². The van der Waals surface area contributed by atoms with E-state index in [-0.39, 0.29) is 24.4 Å². The number of para-hydroxylation sites is 1. The fourth-order valence-electron chi connectivity index (χ4n) is 4.64. The van der Waals surface area contributed by atoms with Crippen molar-refractivity contribution >= 4 is 46.4 Å². The smallest absolute Gasteiger partial charge is 0.258 e. The quantitative estimate of drug-likeness (QED) is 0.281. The zero-order valence-corrected chi connectivity index (χ0v) is 23.2. The molecule has 6 nitrogen and oxygen atoms in total. The number of ether oxygens (including phenoxy) is 2. The van der Waals surface area contributed by atoms with Crippen molar-refractivity contribution in [1.82, 2.24) is 9.80 Å². The van der Waals surface area contributed by atoms with Crippen molar-refractivity contribution < 1.29 is 19.1 Å². The van der Waals surface area contributed by atoms with Crippen LogP contribution < -0.4 is 4.74 Å². The number of methoxy groups -OCH3 is 1. The van der Waals surface area contributed by atoms with Crippen LogP contribution in [0, 0.1) is 0 Å². The lowest BCUT2D eigenvalue weighted by molar-refractivity contribution is -0.134. The summed E-state index contributed by atoms with van der Waals surface area (Å²) in [4.78, 5) is 32.1. The number of thiophene rings is 1. The highest BCUT2D eigenvalue weighted by Gasteiger charge is 2.35. The third-order valence-corrected chi connectivity index (χ3v) is 7.97. The molecule has 2 aromatic carbocycles. The molecule has 0 fully saturated rings. The minimum atomic E-state index is -0.348. The number of halogens is 2. The molecule has 0 aliphatic carbocycles. The van der Waals surface area contributed by atoms with E-state index in [4.69, 9.17) is 32.7 Å². The van der Waals surface area contributed by atoms with Crippen LogP contribution in [-0.4, -0.2) is 61.6 Å². The fourth-order valence-corrected chi connectivity index (χ4v) is 6.06. The Balaban J connectivity index is 1.63. The second-order valence-corrected chi connectivity index (χ2v) is 10.5. The van der Waals surface area contributed by atoms with E-state index in [1.165, 1.54) is 12.0 Å². The second kappa shape index (κ2) is 12.8. The van der Waals surface area contributed by atoms with Gasteiger partial charge in [0.05, 0.1) is 18.7 Å². The number of nitrogens with zero attached hydrogens (tertiary/aromatic N) is 2. The van der Waals surface area contributed by atoms with Gasteiger partial charge in [0.2, 0.25) is 5.91 Å². The molecule has 1 atom stereocenters. The number of hydrogen-bond donors (Lipinski definition) is 0. The van der Waals surface area contributed by atoms with Crippen LogP contribution in [0.15, 0.2) is 53.9 Å². The Bertz CT molecular complexity index is 1250. The van der Waals surface area contributed by atoms with Crippen LogP contribution in [-0.2, 0) is 16.0 Å². The van der Waals surface area contributed by atoms with Crippen molar-refractivity contribution in [2.75, 3.05) is 40.0 Å². The lowest BCUT2D eigenvalue weighted by Crippen LogP contribution is -2.47. The van der Waals surface area contributed by atoms with Crippen molar-refractivity contribution in [2.24, 2.45) is 0 Å². The topological polar surface area (TPSA) is 59.1 Å². The van der Waals surface area contributed by atoms with Crippen LogP contribution in [0.3, 0.4) is 0 Å². The van der Waals surface area contributed by atoms with Gasteiger partial charge in [-0.25, -0.2) is 0 Å². The highest BCUT2D eigenvalue weighted by Crippen LogP contribution is 2.41. The summed E-state index contributed by atoms with van der Waals surface area (Å²) in [6.07, 6.45) is 1.37. The predicted octanol–water partition coefficient (Wildman–Crippen LogP) is 6.11. The summed E-state index contributed by atoms with van der Waals surface area (Å²) in [7, 11) is 1.53. The second-order valence-electron chi connectivity index (χ2n) is 8.68. The molecule has 0 bridgehead atoms. The Morgan fingerprint density at radius 1 is 1.14 bits per heavy atom. The Morgan fingerprint density at radius 2 is 1.95 bits per heavy atom. The molecule has 0 saturated carbocycles. The summed E-state index contributed by atoms with van der Waals surface area (Å²) >= 11 is 14.5. The number of rotatable bonds is 10. The molecule has 1 aliphatic heterocycles. The van der Waals surface area contributed by atoms with Gasteiger partial charge in [0.15, 0.2) is 0 Å². The first-order valence-electron chi connectivity index (χ1n) is 12.2. The molecular weight excluding hydrogens is 531 g/mol. The lowest BCUT2D eigenvalue weighted by atomic mass is 9.93. The van der Waals surface area contributed by atoms with E-state index >= 15 is 0 Å². The van der Waals surface area contributed by atoms with E-state index in [1.54, 1.807) is 46.6 Å². The minimum Gasteiger partial charge on any atom is -0.496 e. The number of carbonyl (C=O) groups excluding carboxylic acids is 2. The molecule has 0 N–H and O–H groups in total. The van der Waals surface area contributed by atoms with Crippen LogP contribution in [0.2, 0.25) is 10.0 Å². The molecule has 0 radical (unpaired) electrons. The van der Waals surface area contributed by atoms with Crippen molar-refractivity contribution in [1.29, 1.82) is 0 Å². The molecule has 4 rings (SSSR count). The third kappa shape index (κ3) is 6.29. The van der Waals surface area contributed by atoms with E-state index in [1.807, 2.05) is 29.3 Å². The molecule has 2 amide bonds. The van der Waals surface area contributed by atoms with Crippen molar-refractivity contribution in [2.45, 2.75) is 25.8 Å². The maximum Gasteiger partial charge on any atom is 0.258 e. The minimum absolute atomic E-state index is 0.0653. The Labute approximate surface area is 231 Å². The Hall–Kier alpha value is -2.58. The van der Waals surface area contributed by atoms with Crippen LogP contribution in [0.5, 0.6) is 5.75 Å². The number of benzene rings is 2. The van der Waals surface area contributed by atoms with Gasteiger partial charge in [0.1, 0.15) is 12.3 Å². The normalized spacial score (nSPS) is 14.8. The van der Waals surface area contributed by atoms with E-state index in [9.17, 15) is 9.59 Å². The monoisotopic (exact) mass is 560 g/mol. The van der Waals surface area contributed by atoms with Gasteiger partial charge >= 0.3 is 0 Å². The van der Waals surface area contributed by atoms with Crippen molar-refractivity contribution in [3.8, 4) is 5.75 Å². The summed E-state index contributed by atoms with van der Waals surface area (Å²) in [5.74, 6) is 0.0746. The first-order chi connectivity index (χ1) is 17.9. The van der Waals surface area contributed by atoms with Crippen LogP contribution in [0.25, 0.3) is 0 Å². The summed E-state index contributed by atoms with van der Waals surface area (Å²) in [6.45, 7) is 3.88. The van der Waals surface area contributed by atoms with Crippen molar-refractivity contribution in [3.05, 3.63) is 85.5 Å². The molecule has 37 heavy (non-hydrogen) atoms. The standard InChI is InChI=1S/C28H30Cl2N2O4S/c1-3-36-15-6-13-31(28(34)21-7-4-5-8-24(21)35-2)18-26(33)32-14-11-25-22(12-16-37-25)27(32)20-10-9-19(29)17-23(20)30/h4-5,7-10,12,16-17,27H,3,6,11,13-15,18H2,1-2H3. The van der Waals surface area contributed by atoms with E-state index in [0.717, 1.165) is 17.5 Å². The largest absolute Gasteiger partial charge is 0.496 e. The van der Waals surface area contributed by atoms with Gasteiger partial charge in [-0.15, -0.1) is 11.3 Å². The van der Waals surface area contributed by atoms with E-state index in [2.05, 4.69) is 6.07 Å². The van der Waals surface area contributed by atoms with Crippen molar-refractivity contribution in [3.63, 3.8) is 0 Å². The number of amides is 2. The van der Waals surface area contributed by atoms with E-state index < -0.39 is 0 Å². The predicted molar refractivity (Wildman–Crippen MR) is 148 cm³/mol. The molecule has 9 heteroatoms. The summed E-state index contributed by atoms with van der Waals surface area (Å²) < 4.78 is 10.9. The fraction of sp³-hybridized carbons (Fsp3) is 0.357. The summed E-state index contributed by atoms with van der Waals surface area (Å²) in [5, 5.41) is 3.09. The molecule has 0 saturated heterocycles. The van der Waals surface area contributed by atoms with Gasteiger partial charge in [-0.05, 0) is 66.6 Å². The molecule has 2 heterocycles. The van der Waals surface area contributed by atoms with Gasteiger partial charge < -0.3 is 19.3 Å². The first kappa shape index (κ1) is 27.5. The number of hydrogen-bond acceptors (Lipinski definition) is 5. The number of carbonyl (C=O) groups is 2. The molecule has 1 aliphatic rings. The van der Waals surface area contributed by atoms with Gasteiger partial charge in [-0.2, -0.15) is 0 Å². The first-order valence-corrected chi connectivity index (χ1v) is 13.9. The van der Waals surface area contributed by atoms with Gasteiger partial charge in [-0.1, -0.05) is 41.4 Å². The average molecular weight is 562 g/mol. The SMILES string of the molecule is CCOCCCN(CC(=O)N1CCc2sccc2C1c1ccc(Cl)cc1Cl)C(=O)c1ccccc1OC. The maximum absolute atomic E-state index is 13.9. The zero-order valence-electron chi connectivity index (χ0n) is 20.9. The maximum atomic E-state index is 13.9. The van der Waals surface area contributed by atoms with Gasteiger partial charge in [0.25, 0.3) is 5.91 Å². The van der Waals surface area contributed by atoms with Gasteiger partial charge in [-0.3, -0.25) is 9.59 Å². The van der Waals surface area contributed by atoms with Crippen LogP contribution >= 0.6 is 34.5 Å². The number of fused-ring (bicyclic) bond motifs is 1. The molecule has 0 spiro atoms. The molecule has 3 aromatic rings. The molecule has 1 aromatic heterocycles. The lowest BCUT2D eigenvalue weighted by Gasteiger charge is -2.38. The van der Waals surface area contributed by atoms with E-state index in [0.29, 0.717) is 54.1 Å². The highest BCUT2D eigenvalue weighted by atomic mass is 35.5. The molecule has 1 unspecified atom stereocenters. The zero-order chi connectivity index (χ0) is 26.4. The Kier molecular flexibility index (Phi) is 9.49. The summed E-state index contributed by atoms with van der Waals surface area (Å²) in [5.41, 5.74) is 2.30. The molecule has 196 valence electrons. The average Bonchev–Trinajstić information content (AvgIpc) is 3.39. The van der Waals surface area contributed by atoms with Crippen LogP contribution in [0.4, 0.5) is 0 Å². The third-order valence-electron chi connectivity index (χ3n) is 6.41.